The first-order valence-electron chi connectivity index (χ1n) is 4.07. The van der Waals surface area contributed by atoms with Gasteiger partial charge in [-0.2, -0.15) is 13.2 Å². The molecule has 0 spiro atoms. The Morgan fingerprint density at radius 3 is 2.53 bits per heavy atom. The molecular formula is C9H9F3O2S. The number of alkyl halides is 3. The summed E-state index contributed by atoms with van der Waals surface area (Å²) in [6.07, 6.45) is -1.14. The van der Waals surface area contributed by atoms with Gasteiger partial charge in [0.15, 0.2) is 0 Å². The molecule has 15 heavy (non-hydrogen) atoms. The van der Waals surface area contributed by atoms with E-state index in [0.717, 1.165) is 0 Å². The van der Waals surface area contributed by atoms with Gasteiger partial charge < -0.3 is 10.2 Å². The highest BCUT2D eigenvalue weighted by atomic mass is 32.2. The molecule has 0 saturated carbocycles. The van der Waals surface area contributed by atoms with Gasteiger partial charge in [-0.05, 0) is 29.5 Å². The van der Waals surface area contributed by atoms with Gasteiger partial charge in [-0.1, -0.05) is 12.1 Å². The second-order valence-corrected chi connectivity index (χ2v) is 3.96. The summed E-state index contributed by atoms with van der Waals surface area (Å²) in [6.45, 7) is -0.514. The zero-order valence-corrected chi connectivity index (χ0v) is 8.35. The lowest BCUT2D eigenvalue weighted by Gasteiger charge is -2.10. The minimum Gasteiger partial charge on any atom is -0.393 e. The lowest BCUT2D eigenvalue weighted by molar-refractivity contribution is -0.0328. The van der Waals surface area contributed by atoms with Crippen molar-refractivity contribution in [3.8, 4) is 0 Å². The average Bonchev–Trinajstić information content (AvgIpc) is 2.14. The number of benzene rings is 1. The quantitative estimate of drug-likeness (QED) is 0.794. The van der Waals surface area contributed by atoms with E-state index in [-0.39, 0.29) is 22.2 Å². The fraction of sp³-hybridized carbons (Fsp3) is 0.333. The van der Waals surface area contributed by atoms with Crippen LogP contribution >= 0.6 is 11.8 Å². The summed E-state index contributed by atoms with van der Waals surface area (Å²) in [5.74, 6) is 0. The molecule has 0 heterocycles. The number of hydrogen-bond donors (Lipinski definition) is 2. The first kappa shape index (κ1) is 12.4. The van der Waals surface area contributed by atoms with E-state index in [1.54, 1.807) is 0 Å². The predicted molar refractivity (Wildman–Crippen MR) is 50.4 cm³/mol. The number of thioether (sulfide) groups is 1. The second kappa shape index (κ2) is 4.87. The van der Waals surface area contributed by atoms with Crippen molar-refractivity contribution in [1.29, 1.82) is 0 Å². The monoisotopic (exact) mass is 238 g/mol. The molecule has 0 radical (unpaired) electrons. The highest BCUT2D eigenvalue weighted by Crippen LogP contribution is 2.37. The van der Waals surface area contributed by atoms with Gasteiger partial charge in [0, 0.05) is 4.90 Å². The zero-order valence-electron chi connectivity index (χ0n) is 7.53. The van der Waals surface area contributed by atoms with Gasteiger partial charge >= 0.3 is 5.51 Å². The van der Waals surface area contributed by atoms with Crippen molar-refractivity contribution in [2.24, 2.45) is 0 Å². The minimum atomic E-state index is -4.34. The zero-order chi connectivity index (χ0) is 11.5. The third-order valence-electron chi connectivity index (χ3n) is 1.65. The topological polar surface area (TPSA) is 40.5 Å². The number of aliphatic hydroxyl groups excluding tert-OH is 2. The molecular weight excluding hydrogens is 229 g/mol. The Balaban J connectivity index is 2.83. The highest BCUT2D eigenvalue weighted by molar-refractivity contribution is 8.00. The van der Waals surface area contributed by atoms with Crippen LogP contribution in [0.3, 0.4) is 0 Å². The van der Waals surface area contributed by atoms with Crippen molar-refractivity contribution in [3.63, 3.8) is 0 Å². The Morgan fingerprint density at radius 1 is 1.33 bits per heavy atom. The van der Waals surface area contributed by atoms with Crippen LogP contribution in [0.1, 0.15) is 11.7 Å². The number of hydrogen-bond acceptors (Lipinski definition) is 3. The molecule has 2 nitrogen and oxygen atoms in total. The maximum absolute atomic E-state index is 12.0. The third-order valence-corrected chi connectivity index (χ3v) is 2.37. The van der Waals surface area contributed by atoms with Gasteiger partial charge in [0.1, 0.15) is 6.10 Å². The molecule has 1 aromatic carbocycles. The molecule has 0 saturated heterocycles. The van der Waals surface area contributed by atoms with Gasteiger partial charge in [-0.3, -0.25) is 0 Å². The van der Waals surface area contributed by atoms with Crippen LogP contribution < -0.4 is 0 Å². The summed E-state index contributed by atoms with van der Waals surface area (Å²) in [7, 11) is 0. The molecule has 0 aliphatic carbocycles. The normalized spacial score (nSPS) is 13.9. The molecule has 0 aromatic heterocycles. The van der Waals surface area contributed by atoms with E-state index in [0.29, 0.717) is 0 Å². The van der Waals surface area contributed by atoms with Gasteiger partial charge in [0.2, 0.25) is 0 Å². The lowest BCUT2D eigenvalue weighted by atomic mass is 10.1. The number of aliphatic hydroxyl groups is 2. The molecule has 84 valence electrons. The van der Waals surface area contributed by atoms with Crippen molar-refractivity contribution in [1.82, 2.24) is 0 Å². The summed E-state index contributed by atoms with van der Waals surface area (Å²) < 4.78 is 36.0. The van der Waals surface area contributed by atoms with Crippen molar-refractivity contribution in [3.05, 3.63) is 29.8 Å². The number of halogens is 3. The van der Waals surface area contributed by atoms with Crippen LogP contribution in [0.2, 0.25) is 0 Å². The van der Waals surface area contributed by atoms with Crippen LogP contribution in [0.5, 0.6) is 0 Å². The Morgan fingerprint density at radius 2 is 2.00 bits per heavy atom. The van der Waals surface area contributed by atoms with E-state index < -0.39 is 18.2 Å². The van der Waals surface area contributed by atoms with E-state index in [9.17, 15) is 18.3 Å². The molecule has 0 aliphatic heterocycles. The molecule has 1 unspecified atom stereocenters. The summed E-state index contributed by atoms with van der Waals surface area (Å²) in [5, 5.41) is 17.8. The minimum absolute atomic E-state index is 0.00694. The van der Waals surface area contributed by atoms with Crippen LogP contribution in [0.15, 0.2) is 29.2 Å². The van der Waals surface area contributed by atoms with Gasteiger partial charge in [0.05, 0.1) is 6.61 Å². The first-order valence-corrected chi connectivity index (χ1v) is 4.88. The molecule has 2 N–H and O–H groups in total. The summed E-state index contributed by atoms with van der Waals surface area (Å²) >= 11 is -0.250. The Kier molecular flexibility index (Phi) is 4.01. The molecule has 0 aliphatic rings. The highest BCUT2D eigenvalue weighted by Gasteiger charge is 2.29. The SMILES string of the molecule is OCC(O)c1cccc(SC(F)(F)F)c1. The van der Waals surface area contributed by atoms with Crippen LogP contribution in [-0.4, -0.2) is 22.3 Å². The fourth-order valence-electron chi connectivity index (χ4n) is 1.02. The van der Waals surface area contributed by atoms with Gasteiger partial charge in [-0.15, -0.1) is 0 Å². The third kappa shape index (κ3) is 4.11. The number of rotatable bonds is 3. The summed E-state index contributed by atoms with van der Waals surface area (Å²) in [4.78, 5) is -0.00694. The van der Waals surface area contributed by atoms with Crippen LogP contribution in [0, 0.1) is 0 Å². The van der Waals surface area contributed by atoms with E-state index in [2.05, 4.69) is 0 Å². The molecule has 1 rings (SSSR count). The largest absolute Gasteiger partial charge is 0.446 e. The van der Waals surface area contributed by atoms with Crippen LogP contribution in [0.25, 0.3) is 0 Å². The van der Waals surface area contributed by atoms with Crippen molar-refractivity contribution in [2.45, 2.75) is 16.5 Å². The molecule has 1 atom stereocenters. The Labute approximate surface area is 88.7 Å². The van der Waals surface area contributed by atoms with Crippen LogP contribution in [-0.2, 0) is 0 Å². The van der Waals surface area contributed by atoms with Gasteiger partial charge in [-0.25, -0.2) is 0 Å². The van der Waals surface area contributed by atoms with E-state index in [1.807, 2.05) is 0 Å². The lowest BCUT2D eigenvalue weighted by Crippen LogP contribution is -2.03. The van der Waals surface area contributed by atoms with Crippen molar-refractivity contribution >= 4 is 11.8 Å². The van der Waals surface area contributed by atoms with Gasteiger partial charge in [0.25, 0.3) is 0 Å². The molecule has 0 fully saturated rings. The molecule has 0 amide bonds. The van der Waals surface area contributed by atoms with E-state index >= 15 is 0 Å². The Hall–Kier alpha value is -0.720. The van der Waals surface area contributed by atoms with Crippen molar-refractivity contribution < 1.29 is 23.4 Å². The fourth-order valence-corrected chi connectivity index (χ4v) is 1.63. The maximum atomic E-state index is 12.0. The van der Waals surface area contributed by atoms with Crippen LogP contribution in [0.4, 0.5) is 13.2 Å². The van der Waals surface area contributed by atoms with E-state index in [4.69, 9.17) is 5.11 Å². The first-order chi connectivity index (χ1) is 6.92. The summed E-state index contributed by atoms with van der Waals surface area (Å²) in [5.41, 5.74) is -4.07. The second-order valence-electron chi connectivity index (χ2n) is 2.82. The average molecular weight is 238 g/mol. The smallest absolute Gasteiger partial charge is 0.393 e. The predicted octanol–water partition coefficient (Wildman–Crippen LogP) is 2.32. The molecule has 1 aromatic rings. The van der Waals surface area contributed by atoms with Crippen molar-refractivity contribution in [2.75, 3.05) is 6.61 Å². The Bertz CT molecular complexity index is 327. The molecule has 0 bridgehead atoms. The standard InChI is InChI=1S/C9H9F3O2S/c10-9(11,12)15-7-3-1-2-6(4-7)8(14)5-13/h1-4,8,13-14H,5H2. The summed E-state index contributed by atoms with van der Waals surface area (Å²) in [6, 6.07) is 5.37. The molecule has 6 heteroatoms. The maximum Gasteiger partial charge on any atom is 0.446 e. The van der Waals surface area contributed by atoms with E-state index in [1.165, 1.54) is 24.3 Å².